The molecule has 0 unspecified atom stereocenters. The van der Waals surface area contributed by atoms with Crippen molar-refractivity contribution in [1.82, 2.24) is 4.98 Å². The first-order valence-electron chi connectivity index (χ1n) is 8.68. The molecule has 2 aliphatic rings. The zero-order valence-corrected chi connectivity index (χ0v) is 14.4. The fourth-order valence-electron chi connectivity index (χ4n) is 3.56. The molecule has 2 fully saturated rings. The number of nitrogens with zero attached hydrogens (tertiary/aromatic N) is 2. The predicted octanol–water partition coefficient (Wildman–Crippen LogP) is 4.14. The van der Waals surface area contributed by atoms with Crippen molar-refractivity contribution in [2.45, 2.75) is 44.6 Å². The lowest BCUT2D eigenvalue weighted by Gasteiger charge is -2.38. The number of anilines is 1. The third-order valence-corrected chi connectivity index (χ3v) is 6.07. The van der Waals surface area contributed by atoms with Gasteiger partial charge in [0.15, 0.2) is 5.13 Å². The lowest BCUT2D eigenvalue weighted by Crippen LogP contribution is -2.53. The number of carbonyl (C=O) groups excluding carboxylic acids is 1. The van der Waals surface area contributed by atoms with E-state index in [2.05, 4.69) is 9.88 Å². The van der Waals surface area contributed by atoms with Crippen LogP contribution in [-0.2, 0) is 9.53 Å². The van der Waals surface area contributed by atoms with Crippen LogP contribution in [0.1, 0.15) is 38.5 Å². The Labute approximate surface area is 144 Å². The Bertz CT molecular complexity index is 736. The van der Waals surface area contributed by atoms with E-state index in [0.717, 1.165) is 27.7 Å². The Morgan fingerprint density at radius 2 is 2.12 bits per heavy atom. The van der Waals surface area contributed by atoms with Gasteiger partial charge in [0.25, 0.3) is 0 Å². The van der Waals surface area contributed by atoms with E-state index in [1.54, 1.807) is 6.07 Å². The minimum Gasteiger partial charge on any atom is -0.459 e. The first kappa shape index (κ1) is 15.8. The molecule has 0 amide bonds. The number of hydrogen-bond acceptors (Lipinski definition) is 5. The van der Waals surface area contributed by atoms with Gasteiger partial charge in [0.05, 0.1) is 23.3 Å². The fraction of sp³-hybridized carbons (Fsp3) is 0.556. The number of benzene rings is 1. The average Bonchev–Trinajstić information content (AvgIpc) is 3.16. The predicted molar refractivity (Wildman–Crippen MR) is 92.9 cm³/mol. The maximum Gasteiger partial charge on any atom is 0.306 e. The van der Waals surface area contributed by atoms with Crippen LogP contribution in [-0.4, -0.2) is 30.1 Å². The second-order valence-electron chi connectivity index (χ2n) is 6.81. The fourth-order valence-corrected chi connectivity index (χ4v) is 4.56. The van der Waals surface area contributed by atoms with Gasteiger partial charge < -0.3 is 9.64 Å². The van der Waals surface area contributed by atoms with E-state index < -0.39 is 0 Å². The molecule has 4 rings (SSSR count). The number of halogens is 1. The minimum absolute atomic E-state index is 0.0372. The Morgan fingerprint density at radius 3 is 2.92 bits per heavy atom. The third-order valence-electron chi connectivity index (χ3n) is 4.99. The lowest BCUT2D eigenvalue weighted by molar-refractivity contribution is -0.150. The second kappa shape index (κ2) is 6.67. The molecule has 24 heavy (non-hydrogen) atoms. The molecule has 0 bridgehead atoms. The third kappa shape index (κ3) is 3.38. The van der Waals surface area contributed by atoms with E-state index in [9.17, 15) is 9.18 Å². The van der Waals surface area contributed by atoms with Gasteiger partial charge in [0, 0.05) is 6.42 Å². The molecule has 0 N–H and O–H groups in total. The number of rotatable bonds is 5. The number of esters is 1. The maximum absolute atomic E-state index is 13.2. The van der Waals surface area contributed by atoms with Gasteiger partial charge in [-0.05, 0) is 30.5 Å². The molecule has 2 heterocycles. The van der Waals surface area contributed by atoms with Crippen LogP contribution < -0.4 is 4.90 Å². The standard InChI is InChI=1S/C18H21FN2O2S/c19-13-6-7-15-16(9-13)24-18(20-15)21-10-14(11-21)23-17(22)8-5-12-3-1-2-4-12/h6-7,9,12,14H,1-5,8,10-11H2. The Morgan fingerprint density at radius 1 is 1.33 bits per heavy atom. The first-order chi connectivity index (χ1) is 11.7. The van der Waals surface area contributed by atoms with Crippen molar-refractivity contribution in [3.8, 4) is 0 Å². The number of thiazole rings is 1. The van der Waals surface area contributed by atoms with E-state index >= 15 is 0 Å². The van der Waals surface area contributed by atoms with Crippen molar-refractivity contribution in [1.29, 1.82) is 0 Å². The van der Waals surface area contributed by atoms with Crippen molar-refractivity contribution >= 4 is 32.7 Å². The van der Waals surface area contributed by atoms with Crippen molar-refractivity contribution in [3.63, 3.8) is 0 Å². The van der Waals surface area contributed by atoms with Gasteiger partial charge in [-0.3, -0.25) is 4.79 Å². The summed E-state index contributed by atoms with van der Waals surface area (Å²) in [4.78, 5) is 18.5. The number of fused-ring (bicyclic) bond motifs is 1. The normalized spacial score (nSPS) is 19.0. The summed E-state index contributed by atoms with van der Waals surface area (Å²) in [6.07, 6.45) is 6.63. The molecule has 1 saturated heterocycles. The van der Waals surface area contributed by atoms with Crippen molar-refractivity contribution in [2.24, 2.45) is 5.92 Å². The molecular weight excluding hydrogens is 327 g/mol. The molecule has 0 radical (unpaired) electrons. The van der Waals surface area contributed by atoms with E-state index in [4.69, 9.17) is 4.74 Å². The summed E-state index contributed by atoms with van der Waals surface area (Å²) in [5, 5.41) is 0.869. The summed E-state index contributed by atoms with van der Waals surface area (Å²) in [5.74, 6) is 0.409. The highest BCUT2D eigenvalue weighted by molar-refractivity contribution is 7.22. The molecule has 1 aliphatic carbocycles. The van der Waals surface area contributed by atoms with Gasteiger partial charge in [-0.2, -0.15) is 0 Å². The summed E-state index contributed by atoms with van der Waals surface area (Å²) in [7, 11) is 0. The molecule has 1 aliphatic heterocycles. The van der Waals surface area contributed by atoms with E-state index in [-0.39, 0.29) is 17.9 Å². The molecule has 6 heteroatoms. The van der Waals surface area contributed by atoms with Gasteiger partial charge in [0.2, 0.25) is 0 Å². The van der Waals surface area contributed by atoms with Crippen LogP contribution in [0.4, 0.5) is 9.52 Å². The molecule has 0 atom stereocenters. The Balaban J connectivity index is 1.25. The SMILES string of the molecule is O=C(CCC1CCCC1)OC1CN(c2nc3ccc(F)cc3s2)C1. The molecule has 1 aromatic heterocycles. The quantitative estimate of drug-likeness (QED) is 0.762. The molecule has 4 nitrogen and oxygen atoms in total. The van der Waals surface area contributed by atoms with Gasteiger partial charge in [-0.1, -0.05) is 37.0 Å². The monoisotopic (exact) mass is 348 g/mol. The number of carbonyl (C=O) groups is 1. The van der Waals surface area contributed by atoms with E-state index in [0.29, 0.717) is 19.5 Å². The molecular formula is C18H21FN2O2S. The molecule has 1 aromatic carbocycles. The number of hydrogen-bond donors (Lipinski definition) is 0. The average molecular weight is 348 g/mol. The molecule has 128 valence electrons. The lowest BCUT2D eigenvalue weighted by atomic mass is 10.0. The van der Waals surface area contributed by atoms with E-state index in [1.807, 2.05) is 0 Å². The molecule has 0 spiro atoms. The maximum atomic E-state index is 13.2. The van der Waals surface area contributed by atoms with Crippen LogP contribution in [0.2, 0.25) is 0 Å². The van der Waals surface area contributed by atoms with Gasteiger partial charge in [-0.25, -0.2) is 9.37 Å². The van der Waals surface area contributed by atoms with Crippen molar-refractivity contribution < 1.29 is 13.9 Å². The molecule has 1 saturated carbocycles. The van der Waals surface area contributed by atoms with Crippen LogP contribution in [0.5, 0.6) is 0 Å². The first-order valence-corrected chi connectivity index (χ1v) is 9.49. The smallest absolute Gasteiger partial charge is 0.306 e. The highest BCUT2D eigenvalue weighted by Crippen LogP contribution is 2.33. The summed E-state index contributed by atoms with van der Waals surface area (Å²) in [6, 6.07) is 4.64. The number of ether oxygens (including phenoxy) is 1. The van der Waals surface area contributed by atoms with E-state index in [1.165, 1.54) is 49.2 Å². The number of aromatic nitrogens is 1. The second-order valence-corrected chi connectivity index (χ2v) is 7.82. The van der Waals surface area contributed by atoms with Gasteiger partial charge in [0.1, 0.15) is 11.9 Å². The van der Waals surface area contributed by atoms with Crippen molar-refractivity contribution in [3.05, 3.63) is 24.0 Å². The van der Waals surface area contributed by atoms with Crippen LogP contribution in [0, 0.1) is 11.7 Å². The summed E-state index contributed by atoms with van der Waals surface area (Å²) < 4.78 is 19.6. The summed E-state index contributed by atoms with van der Waals surface area (Å²) in [6.45, 7) is 1.36. The van der Waals surface area contributed by atoms with Crippen LogP contribution >= 0.6 is 11.3 Å². The summed E-state index contributed by atoms with van der Waals surface area (Å²) in [5.41, 5.74) is 0.813. The zero-order chi connectivity index (χ0) is 16.5. The van der Waals surface area contributed by atoms with Gasteiger partial charge >= 0.3 is 5.97 Å². The zero-order valence-electron chi connectivity index (χ0n) is 13.5. The highest BCUT2D eigenvalue weighted by atomic mass is 32.1. The summed E-state index contributed by atoms with van der Waals surface area (Å²) >= 11 is 1.48. The highest BCUT2D eigenvalue weighted by Gasteiger charge is 2.32. The van der Waals surface area contributed by atoms with Crippen LogP contribution in [0.3, 0.4) is 0 Å². The Kier molecular flexibility index (Phi) is 4.39. The topological polar surface area (TPSA) is 42.4 Å². The van der Waals surface area contributed by atoms with Crippen LogP contribution in [0.15, 0.2) is 18.2 Å². The van der Waals surface area contributed by atoms with Crippen molar-refractivity contribution in [2.75, 3.05) is 18.0 Å². The Hall–Kier alpha value is -1.69. The largest absolute Gasteiger partial charge is 0.459 e. The minimum atomic E-state index is -0.240. The van der Waals surface area contributed by atoms with Crippen LogP contribution in [0.25, 0.3) is 10.2 Å². The molecule has 2 aromatic rings. The van der Waals surface area contributed by atoms with Gasteiger partial charge in [-0.15, -0.1) is 0 Å².